The van der Waals surface area contributed by atoms with Gasteiger partial charge in [-0.25, -0.2) is 0 Å². The summed E-state index contributed by atoms with van der Waals surface area (Å²) in [4.78, 5) is 16.1. The first-order chi connectivity index (χ1) is 12.8. The molecule has 4 nitrogen and oxygen atoms in total. The molecule has 0 aliphatic rings. The normalized spacial score (nSPS) is 11.0. The second-order valence-electron chi connectivity index (χ2n) is 5.73. The molecule has 0 bridgehead atoms. The summed E-state index contributed by atoms with van der Waals surface area (Å²) >= 11 is 0. The molecule has 0 fully saturated rings. The van der Waals surface area contributed by atoms with Gasteiger partial charge in [-0.05, 0) is 48.9 Å². The van der Waals surface area contributed by atoms with Crippen LogP contribution in [0.5, 0.6) is 11.5 Å². The molecule has 0 saturated carbocycles. The SMILES string of the molecule is C/C(=N\Oc1ccc(C=O)cc1)c1ccccc1OCc1ccccc1. The van der Waals surface area contributed by atoms with Gasteiger partial charge in [0.2, 0.25) is 0 Å². The summed E-state index contributed by atoms with van der Waals surface area (Å²) in [6.45, 7) is 2.35. The van der Waals surface area contributed by atoms with Crippen molar-refractivity contribution in [1.82, 2.24) is 0 Å². The fraction of sp³-hybridized carbons (Fsp3) is 0.0909. The number of carbonyl (C=O) groups is 1. The summed E-state index contributed by atoms with van der Waals surface area (Å²) in [5, 5.41) is 4.18. The molecule has 0 amide bonds. The van der Waals surface area contributed by atoms with Crippen LogP contribution in [-0.4, -0.2) is 12.0 Å². The van der Waals surface area contributed by atoms with Crippen LogP contribution in [0.3, 0.4) is 0 Å². The maximum Gasteiger partial charge on any atom is 0.158 e. The van der Waals surface area contributed by atoms with Crippen molar-refractivity contribution >= 4 is 12.0 Å². The second kappa shape index (κ2) is 8.62. The minimum Gasteiger partial charge on any atom is -0.488 e. The molecule has 3 aromatic carbocycles. The standard InChI is InChI=1S/C22H19NO3/c1-17(23-26-20-13-11-18(15-24)12-14-20)21-9-5-6-10-22(21)25-16-19-7-3-2-4-8-19/h2-15H,16H2,1H3/b23-17+. The lowest BCUT2D eigenvalue weighted by Gasteiger charge is -2.11. The number of ether oxygens (including phenoxy) is 1. The van der Waals surface area contributed by atoms with Gasteiger partial charge in [-0.3, -0.25) is 4.79 Å². The third-order valence-electron chi connectivity index (χ3n) is 3.82. The molecular weight excluding hydrogens is 326 g/mol. The van der Waals surface area contributed by atoms with Gasteiger partial charge in [0.05, 0.1) is 5.71 Å². The van der Waals surface area contributed by atoms with Crippen molar-refractivity contribution in [1.29, 1.82) is 0 Å². The Labute approximate surface area is 152 Å². The molecule has 3 aromatic rings. The summed E-state index contributed by atoms with van der Waals surface area (Å²) in [5.41, 5.74) is 3.27. The summed E-state index contributed by atoms with van der Waals surface area (Å²) in [5.74, 6) is 1.31. The Morgan fingerprint density at radius 1 is 0.923 bits per heavy atom. The van der Waals surface area contributed by atoms with Crippen LogP contribution < -0.4 is 9.57 Å². The second-order valence-corrected chi connectivity index (χ2v) is 5.73. The molecule has 130 valence electrons. The molecule has 0 atom stereocenters. The van der Waals surface area contributed by atoms with Crippen LogP contribution in [0.1, 0.15) is 28.4 Å². The minimum atomic E-state index is 0.485. The van der Waals surface area contributed by atoms with Crippen molar-refractivity contribution in [2.24, 2.45) is 5.16 Å². The van der Waals surface area contributed by atoms with E-state index < -0.39 is 0 Å². The van der Waals surface area contributed by atoms with E-state index in [-0.39, 0.29) is 0 Å². The highest BCUT2D eigenvalue weighted by Gasteiger charge is 2.07. The van der Waals surface area contributed by atoms with Crippen LogP contribution in [0.2, 0.25) is 0 Å². The Kier molecular flexibility index (Phi) is 5.78. The molecule has 0 aliphatic heterocycles. The molecule has 0 unspecified atom stereocenters. The minimum absolute atomic E-state index is 0.485. The van der Waals surface area contributed by atoms with Gasteiger partial charge in [0.1, 0.15) is 18.6 Å². The average molecular weight is 345 g/mol. The van der Waals surface area contributed by atoms with Gasteiger partial charge < -0.3 is 9.57 Å². The molecule has 0 aromatic heterocycles. The lowest BCUT2D eigenvalue weighted by atomic mass is 10.1. The number of aldehydes is 1. The third kappa shape index (κ3) is 4.57. The van der Waals surface area contributed by atoms with E-state index in [0.29, 0.717) is 23.6 Å². The number of carbonyl (C=O) groups excluding carboxylic acids is 1. The molecular formula is C22H19NO3. The van der Waals surface area contributed by atoms with E-state index in [9.17, 15) is 4.79 Å². The number of para-hydroxylation sites is 1. The van der Waals surface area contributed by atoms with Gasteiger partial charge in [0, 0.05) is 11.1 Å². The molecule has 0 radical (unpaired) electrons. The van der Waals surface area contributed by atoms with Crippen LogP contribution in [0.15, 0.2) is 84.0 Å². The van der Waals surface area contributed by atoms with Gasteiger partial charge >= 0.3 is 0 Å². The van der Waals surface area contributed by atoms with E-state index in [1.807, 2.05) is 61.5 Å². The average Bonchev–Trinajstić information content (AvgIpc) is 2.72. The Bertz CT molecular complexity index is 887. The number of hydrogen-bond donors (Lipinski definition) is 0. The van der Waals surface area contributed by atoms with Crippen molar-refractivity contribution in [3.05, 3.63) is 95.6 Å². The van der Waals surface area contributed by atoms with Gasteiger partial charge in [0.25, 0.3) is 0 Å². The molecule has 0 saturated heterocycles. The van der Waals surface area contributed by atoms with Crippen molar-refractivity contribution in [3.8, 4) is 11.5 Å². The van der Waals surface area contributed by atoms with Gasteiger partial charge in [0.15, 0.2) is 5.75 Å². The summed E-state index contributed by atoms with van der Waals surface area (Å²) in [6, 6.07) is 24.5. The van der Waals surface area contributed by atoms with E-state index >= 15 is 0 Å². The largest absolute Gasteiger partial charge is 0.488 e. The van der Waals surface area contributed by atoms with Crippen molar-refractivity contribution < 1.29 is 14.4 Å². The smallest absolute Gasteiger partial charge is 0.158 e. The lowest BCUT2D eigenvalue weighted by Crippen LogP contribution is -2.03. The molecule has 26 heavy (non-hydrogen) atoms. The zero-order valence-electron chi connectivity index (χ0n) is 14.5. The highest BCUT2D eigenvalue weighted by molar-refractivity contribution is 6.00. The fourth-order valence-corrected chi connectivity index (χ4v) is 2.40. The molecule has 4 heteroatoms. The molecule has 3 rings (SSSR count). The summed E-state index contributed by atoms with van der Waals surface area (Å²) in [6.07, 6.45) is 0.790. The Morgan fingerprint density at radius 3 is 2.35 bits per heavy atom. The predicted molar refractivity (Wildman–Crippen MR) is 102 cm³/mol. The maximum absolute atomic E-state index is 10.7. The van der Waals surface area contributed by atoms with Crippen LogP contribution in [0, 0.1) is 0 Å². The highest BCUT2D eigenvalue weighted by atomic mass is 16.6. The Hall–Kier alpha value is -3.40. The van der Waals surface area contributed by atoms with Crippen LogP contribution in [0.25, 0.3) is 0 Å². The van der Waals surface area contributed by atoms with Gasteiger partial charge in [-0.15, -0.1) is 0 Å². The van der Waals surface area contributed by atoms with E-state index in [0.717, 1.165) is 23.2 Å². The maximum atomic E-state index is 10.7. The van der Waals surface area contributed by atoms with Crippen molar-refractivity contribution in [3.63, 3.8) is 0 Å². The number of hydrogen-bond acceptors (Lipinski definition) is 4. The van der Waals surface area contributed by atoms with Crippen molar-refractivity contribution in [2.75, 3.05) is 0 Å². The topological polar surface area (TPSA) is 47.9 Å². The van der Waals surface area contributed by atoms with E-state index in [2.05, 4.69) is 5.16 Å². The monoisotopic (exact) mass is 345 g/mol. The number of oxime groups is 1. The predicted octanol–water partition coefficient (Wildman–Crippen LogP) is 4.88. The number of benzene rings is 3. The first kappa shape index (κ1) is 17.4. The first-order valence-corrected chi connectivity index (χ1v) is 8.29. The quantitative estimate of drug-likeness (QED) is 0.348. The van der Waals surface area contributed by atoms with Crippen molar-refractivity contribution in [2.45, 2.75) is 13.5 Å². The zero-order chi connectivity index (χ0) is 18.2. The van der Waals surface area contributed by atoms with E-state index in [4.69, 9.17) is 9.57 Å². The lowest BCUT2D eigenvalue weighted by molar-refractivity contribution is 0.112. The third-order valence-corrected chi connectivity index (χ3v) is 3.82. The fourth-order valence-electron chi connectivity index (χ4n) is 2.40. The van der Waals surface area contributed by atoms with Crippen LogP contribution in [0.4, 0.5) is 0 Å². The Balaban J connectivity index is 1.71. The van der Waals surface area contributed by atoms with Gasteiger partial charge in [-0.2, -0.15) is 0 Å². The molecule has 0 spiro atoms. The first-order valence-electron chi connectivity index (χ1n) is 8.29. The Morgan fingerprint density at radius 2 is 1.62 bits per heavy atom. The summed E-state index contributed by atoms with van der Waals surface area (Å²) < 4.78 is 5.95. The highest BCUT2D eigenvalue weighted by Crippen LogP contribution is 2.21. The number of rotatable bonds is 7. The molecule has 0 heterocycles. The van der Waals surface area contributed by atoms with Crippen LogP contribution >= 0.6 is 0 Å². The van der Waals surface area contributed by atoms with Crippen LogP contribution in [-0.2, 0) is 6.61 Å². The van der Waals surface area contributed by atoms with E-state index in [1.165, 1.54) is 0 Å². The molecule has 0 N–H and O–H groups in total. The number of nitrogens with zero attached hydrogens (tertiary/aromatic N) is 1. The van der Waals surface area contributed by atoms with E-state index in [1.54, 1.807) is 24.3 Å². The summed E-state index contributed by atoms with van der Waals surface area (Å²) in [7, 11) is 0. The molecule has 0 aliphatic carbocycles. The zero-order valence-corrected chi connectivity index (χ0v) is 14.5. The van der Waals surface area contributed by atoms with Gasteiger partial charge in [-0.1, -0.05) is 47.6 Å².